The van der Waals surface area contributed by atoms with Gasteiger partial charge in [0.15, 0.2) is 5.96 Å². The number of aromatic hydroxyl groups is 1. The lowest BCUT2D eigenvalue weighted by atomic mass is 9.94. The summed E-state index contributed by atoms with van der Waals surface area (Å²) < 4.78 is 0. The number of likely N-dealkylation sites (tertiary alicyclic amines) is 1. The molecule has 0 aliphatic carbocycles. The zero-order chi connectivity index (χ0) is 18.4. The molecule has 144 valence electrons. The van der Waals surface area contributed by atoms with Gasteiger partial charge in [0.25, 0.3) is 0 Å². The Morgan fingerprint density at radius 2 is 1.81 bits per heavy atom. The number of piperazine rings is 1. The number of nitrogens with zero attached hydrogens (tertiary/aromatic N) is 4. The molecule has 2 saturated heterocycles. The molecule has 3 rings (SSSR count). The summed E-state index contributed by atoms with van der Waals surface area (Å²) >= 11 is 0. The molecule has 0 unspecified atom stereocenters. The third-order valence-electron chi connectivity index (χ3n) is 5.69. The molecule has 2 aliphatic heterocycles. The van der Waals surface area contributed by atoms with Gasteiger partial charge in [-0.2, -0.15) is 0 Å². The monoisotopic (exact) mass is 359 g/mol. The maximum atomic E-state index is 10.0. The van der Waals surface area contributed by atoms with Gasteiger partial charge in [-0.25, -0.2) is 0 Å². The van der Waals surface area contributed by atoms with E-state index in [1.54, 1.807) is 6.07 Å². The van der Waals surface area contributed by atoms with E-state index in [-0.39, 0.29) is 0 Å². The SMILES string of the molecule is CN=C(NCCC1CCN(C)CC1)N1CCN(c2ccccc2O)CC1. The van der Waals surface area contributed by atoms with Crippen LogP contribution in [0, 0.1) is 5.92 Å². The molecule has 2 N–H and O–H groups in total. The van der Waals surface area contributed by atoms with Crippen molar-refractivity contribution in [2.24, 2.45) is 10.9 Å². The van der Waals surface area contributed by atoms with E-state index in [0.717, 1.165) is 50.3 Å². The average Bonchev–Trinajstić information content (AvgIpc) is 2.67. The van der Waals surface area contributed by atoms with E-state index in [1.165, 1.54) is 32.4 Å². The van der Waals surface area contributed by atoms with Crippen LogP contribution in [0.15, 0.2) is 29.3 Å². The van der Waals surface area contributed by atoms with Crippen molar-refractivity contribution >= 4 is 11.6 Å². The fraction of sp³-hybridized carbons (Fsp3) is 0.650. The van der Waals surface area contributed by atoms with Crippen molar-refractivity contribution < 1.29 is 5.11 Å². The molecule has 0 amide bonds. The van der Waals surface area contributed by atoms with E-state index in [0.29, 0.717) is 5.75 Å². The first-order valence-electron chi connectivity index (χ1n) is 9.84. The van der Waals surface area contributed by atoms with Crippen LogP contribution in [0.25, 0.3) is 0 Å². The van der Waals surface area contributed by atoms with Crippen LogP contribution in [0.4, 0.5) is 5.69 Å². The van der Waals surface area contributed by atoms with E-state index in [4.69, 9.17) is 0 Å². The summed E-state index contributed by atoms with van der Waals surface area (Å²) in [6, 6.07) is 7.58. The molecule has 1 aromatic rings. The predicted molar refractivity (Wildman–Crippen MR) is 108 cm³/mol. The Labute approximate surface area is 157 Å². The summed E-state index contributed by atoms with van der Waals surface area (Å²) in [7, 11) is 4.08. The van der Waals surface area contributed by atoms with Gasteiger partial charge >= 0.3 is 0 Å². The molecule has 2 heterocycles. The van der Waals surface area contributed by atoms with E-state index < -0.39 is 0 Å². The van der Waals surface area contributed by atoms with Gasteiger partial charge < -0.3 is 25.1 Å². The van der Waals surface area contributed by atoms with Crippen molar-refractivity contribution in [1.82, 2.24) is 15.1 Å². The Kier molecular flexibility index (Phi) is 6.61. The van der Waals surface area contributed by atoms with Crippen LogP contribution in [0.5, 0.6) is 5.75 Å². The molecule has 0 atom stereocenters. The summed E-state index contributed by atoms with van der Waals surface area (Å²) in [5, 5.41) is 13.6. The van der Waals surface area contributed by atoms with Crippen molar-refractivity contribution in [1.29, 1.82) is 0 Å². The molecule has 2 aliphatic rings. The molecule has 0 bridgehead atoms. The summed E-state index contributed by atoms with van der Waals surface area (Å²) in [4.78, 5) is 11.5. The van der Waals surface area contributed by atoms with Crippen molar-refractivity contribution in [2.75, 3.05) is 64.8 Å². The highest BCUT2D eigenvalue weighted by molar-refractivity contribution is 5.80. The number of rotatable bonds is 4. The van der Waals surface area contributed by atoms with Crippen LogP contribution < -0.4 is 10.2 Å². The van der Waals surface area contributed by atoms with Gasteiger partial charge in [0.2, 0.25) is 0 Å². The first kappa shape index (κ1) is 18.8. The second kappa shape index (κ2) is 9.12. The van der Waals surface area contributed by atoms with Gasteiger partial charge in [-0.3, -0.25) is 4.99 Å². The average molecular weight is 360 g/mol. The van der Waals surface area contributed by atoms with Gasteiger partial charge in [-0.05, 0) is 57.5 Å². The molecule has 0 radical (unpaired) electrons. The van der Waals surface area contributed by atoms with E-state index in [1.807, 2.05) is 25.2 Å². The second-order valence-corrected chi connectivity index (χ2v) is 7.47. The Morgan fingerprint density at radius 1 is 1.12 bits per heavy atom. The van der Waals surface area contributed by atoms with Gasteiger partial charge in [-0.1, -0.05) is 12.1 Å². The number of hydrogen-bond acceptors (Lipinski definition) is 4. The highest BCUT2D eigenvalue weighted by Gasteiger charge is 2.22. The minimum atomic E-state index is 0.363. The first-order chi connectivity index (χ1) is 12.7. The van der Waals surface area contributed by atoms with Crippen molar-refractivity contribution in [3.63, 3.8) is 0 Å². The second-order valence-electron chi connectivity index (χ2n) is 7.47. The van der Waals surface area contributed by atoms with Crippen LogP contribution in [-0.4, -0.2) is 80.8 Å². The Morgan fingerprint density at radius 3 is 2.46 bits per heavy atom. The zero-order valence-corrected chi connectivity index (χ0v) is 16.2. The van der Waals surface area contributed by atoms with Crippen LogP contribution in [0.3, 0.4) is 0 Å². The third-order valence-corrected chi connectivity index (χ3v) is 5.69. The van der Waals surface area contributed by atoms with Gasteiger partial charge in [0.05, 0.1) is 5.69 Å². The fourth-order valence-electron chi connectivity index (χ4n) is 3.96. The molecule has 6 heteroatoms. The molecule has 0 saturated carbocycles. The summed E-state index contributed by atoms with van der Waals surface area (Å²) in [6.07, 6.45) is 3.86. The first-order valence-corrected chi connectivity index (χ1v) is 9.84. The van der Waals surface area contributed by atoms with Crippen molar-refractivity contribution in [2.45, 2.75) is 19.3 Å². The summed E-state index contributed by atoms with van der Waals surface area (Å²) in [6.45, 7) is 7.09. The number of nitrogens with one attached hydrogen (secondary N) is 1. The predicted octanol–water partition coefficient (Wildman–Crippen LogP) is 1.82. The third kappa shape index (κ3) is 4.81. The molecule has 1 aromatic carbocycles. The number of para-hydroxylation sites is 2. The van der Waals surface area contributed by atoms with Gasteiger partial charge in [-0.15, -0.1) is 0 Å². The normalized spacial score (nSPS) is 20.5. The van der Waals surface area contributed by atoms with Gasteiger partial charge in [0, 0.05) is 39.8 Å². The number of hydrogen-bond donors (Lipinski definition) is 2. The smallest absolute Gasteiger partial charge is 0.193 e. The standard InChI is InChI=1S/C20H33N5O/c1-21-20(22-10-7-17-8-11-23(2)12-9-17)25-15-13-24(14-16-25)18-5-3-4-6-19(18)26/h3-6,17,26H,7-16H2,1-2H3,(H,21,22). The van der Waals surface area contributed by atoms with Crippen LogP contribution in [-0.2, 0) is 0 Å². The molecule has 26 heavy (non-hydrogen) atoms. The van der Waals surface area contributed by atoms with E-state index in [2.05, 4.69) is 32.1 Å². The molecular weight excluding hydrogens is 326 g/mol. The molecule has 2 fully saturated rings. The number of anilines is 1. The maximum Gasteiger partial charge on any atom is 0.193 e. The highest BCUT2D eigenvalue weighted by Crippen LogP contribution is 2.27. The Hall–Kier alpha value is -1.95. The minimum absolute atomic E-state index is 0.363. The van der Waals surface area contributed by atoms with Crippen LogP contribution in [0.1, 0.15) is 19.3 Å². The van der Waals surface area contributed by atoms with Gasteiger partial charge in [0.1, 0.15) is 5.75 Å². The summed E-state index contributed by atoms with van der Waals surface area (Å²) in [5.41, 5.74) is 0.928. The quantitative estimate of drug-likeness (QED) is 0.634. The van der Waals surface area contributed by atoms with Crippen molar-refractivity contribution in [3.8, 4) is 5.75 Å². The number of aliphatic imine (C=N–C) groups is 1. The van der Waals surface area contributed by atoms with E-state index in [9.17, 15) is 5.11 Å². The number of piperidine rings is 1. The lowest BCUT2D eigenvalue weighted by Crippen LogP contribution is -2.52. The van der Waals surface area contributed by atoms with Crippen molar-refractivity contribution in [3.05, 3.63) is 24.3 Å². The fourth-order valence-corrected chi connectivity index (χ4v) is 3.96. The molecule has 6 nitrogen and oxygen atoms in total. The topological polar surface area (TPSA) is 54.3 Å². The maximum absolute atomic E-state index is 10.0. The Bertz CT molecular complexity index is 590. The number of phenolic OH excluding ortho intramolecular Hbond substituents is 1. The largest absolute Gasteiger partial charge is 0.506 e. The molecular formula is C20H33N5O. The minimum Gasteiger partial charge on any atom is -0.506 e. The lowest BCUT2D eigenvalue weighted by molar-refractivity contribution is 0.212. The summed E-state index contributed by atoms with van der Waals surface area (Å²) in [5.74, 6) is 2.21. The van der Waals surface area contributed by atoms with E-state index >= 15 is 0 Å². The molecule has 0 aromatic heterocycles. The number of benzene rings is 1. The van der Waals surface area contributed by atoms with Crippen LogP contribution in [0.2, 0.25) is 0 Å². The lowest BCUT2D eigenvalue weighted by Gasteiger charge is -2.38. The Balaban J connectivity index is 1.43. The highest BCUT2D eigenvalue weighted by atomic mass is 16.3. The van der Waals surface area contributed by atoms with Crippen LogP contribution >= 0.6 is 0 Å². The number of guanidine groups is 1. The number of phenols is 1. The molecule has 0 spiro atoms. The zero-order valence-electron chi connectivity index (χ0n) is 16.2.